The number of amides is 8. The Hall–Kier alpha value is -6.81. The second kappa shape index (κ2) is 30.6. The molecule has 8 amide bonds. The summed E-state index contributed by atoms with van der Waals surface area (Å²) in [5, 5.41) is 33.0. The van der Waals surface area contributed by atoms with Gasteiger partial charge < -0.3 is 69.7 Å². The zero-order valence-electron chi connectivity index (χ0n) is 41.4. The number of carbonyl (C=O) groups is 8. The summed E-state index contributed by atoms with van der Waals surface area (Å²) in [6.07, 6.45) is 2.49. The van der Waals surface area contributed by atoms with Crippen LogP contribution in [0.2, 0.25) is 0 Å². The molecule has 0 aliphatic carbocycles. The number of nitrogens with two attached hydrogens (primary N) is 4. The minimum Gasteiger partial charge on any atom is -0.508 e. The van der Waals surface area contributed by atoms with Crippen LogP contribution in [0.3, 0.4) is 0 Å². The first kappa shape index (κ1) is 59.3. The van der Waals surface area contributed by atoms with E-state index in [9.17, 15) is 43.5 Å². The Labute approximate surface area is 411 Å². The lowest BCUT2D eigenvalue weighted by Crippen LogP contribution is -2.60. The van der Waals surface area contributed by atoms with E-state index in [-0.39, 0.29) is 75.7 Å². The molecule has 0 saturated heterocycles. The first-order valence-corrected chi connectivity index (χ1v) is 23.8. The van der Waals surface area contributed by atoms with Crippen LogP contribution < -0.4 is 54.8 Å². The lowest BCUT2D eigenvalue weighted by atomic mass is 9.98. The number of unbranched alkanes of at least 4 members (excludes halogenated alkanes) is 1. The van der Waals surface area contributed by atoms with Crippen LogP contribution in [0.15, 0.2) is 54.6 Å². The molecule has 0 aliphatic rings. The summed E-state index contributed by atoms with van der Waals surface area (Å²) in [6.45, 7) is 7.01. The molecule has 0 radical (unpaired) electrons. The standard InChI is InChI=1S/C48H77N13O9/c1-7-8-16-36(44(67)58-37(17-12-23-49)46(69)60(5)30(4)41(64)56-35(18-13-24-54-48(52)53)43(66)55-28-40(51)63)57-45(68)39(25-29(2)3)61(6)47(70)38(27-31-14-10-9-11-15-31)59-42(65)34(50)26-32-19-21-33(62)22-20-32/h9-11,14-15,19-22,29-30,34-39,62H,7-8,12-13,16-18,23-28,49-50H2,1-6H3,(H2,51,63)(H,55,66)(H,56,64)(H,57,68)(H,58,67)(H,59,65)(H4,52,53,54)/t30-,34-,35-,36-,37-,38-,39-/m0/s1. The molecular weight excluding hydrogens is 903 g/mol. The summed E-state index contributed by atoms with van der Waals surface area (Å²) in [5.74, 6) is -5.67. The Morgan fingerprint density at radius 1 is 0.643 bits per heavy atom. The Morgan fingerprint density at radius 3 is 1.77 bits per heavy atom. The van der Waals surface area contributed by atoms with Gasteiger partial charge >= 0.3 is 0 Å². The third kappa shape index (κ3) is 20.8. The number of nitrogens with one attached hydrogen (secondary N) is 7. The van der Waals surface area contributed by atoms with Crippen LogP contribution in [-0.4, -0.2) is 144 Å². The van der Waals surface area contributed by atoms with Gasteiger partial charge in [0.1, 0.15) is 42.0 Å². The molecule has 2 aromatic rings. The quantitative estimate of drug-likeness (QED) is 0.0244. The van der Waals surface area contributed by atoms with Crippen molar-refractivity contribution in [2.24, 2.45) is 28.9 Å². The SMILES string of the molecule is CCCC[C@H](NC(=O)[C@H](CC(C)C)N(C)C(=O)[C@H](Cc1ccccc1)NC(=O)[C@@H](N)Cc1ccc(O)cc1)C(=O)N[C@@H](CCCN)C(=O)N(C)[C@@H](C)C(=O)N[C@@H](CCCNC(=N)N)C(=O)NCC(N)=O. The lowest BCUT2D eigenvalue weighted by Gasteiger charge is -2.34. The number of hydrogen-bond acceptors (Lipinski definition) is 12. The maximum atomic E-state index is 14.5. The molecule has 0 aromatic heterocycles. The van der Waals surface area contributed by atoms with Crippen molar-refractivity contribution in [3.63, 3.8) is 0 Å². The van der Waals surface area contributed by atoms with E-state index in [2.05, 4.69) is 31.9 Å². The summed E-state index contributed by atoms with van der Waals surface area (Å²) in [4.78, 5) is 111. The summed E-state index contributed by atoms with van der Waals surface area (Å²) >= 11 is 0. The number of rotatable bonds is 31. The maximum absolute atomic E-state index is 14.5. The number of carbonyl (C=O) groups excluding carboxylic acids is 8. The number of phenolic OH excluding ortho intramolecular Hbond substituents is 1. The van der Waals surface area contributed by atoms with Gasteiger partial charge in [-0.1, -0.05) is 76.1 Å². The fourth-order valence-corrected chi connectivity index (χ4v) is 7.39. The highest BCUT2D eigenvalue weighted by Gasteiger charge is 2.37. The van der Waals surface area contributed by atoms with Gasteiger partial charge in [-0.25, -0.2) is 0 Å². The van der Waals surface area contributed by atoms with Crippen LogP contribution in [0.5, 0.6) is 5.75 Å². The molecule has 70 heavy (non-hydrogen) atoms. The van der Waals surface area contributed by atoms with E-state index >= 15 is 0 Å². The highest BCUT2D eigenvalue weighted by atomic mass is 16.3. The average molecular weight is 980 g/mol. The van der Waals surface area contributed by atoms with Crippen molar-refractivity contribution in [1.82, 2.24) is 41.7 Å². The predicted octanol–water partition coefficient (Wildman–Crippen LogP) is -1.04. The van der Waals surface area contributed by atoms with E-state index in [0.717, 1.165) is 10.5 Å². The predicted molar refractivity (Wildman–Crippen MR) is 265 cm³/mol. The number of phenols is 1. The minimum absolute atomic E-state index is 0.0593. The molecule has 0 spiro atoms. The normalized spacial score (nSPS) is 14.0. The number of guanidine groups is 1. The largest absolute Gasteiger partial charge is 0.508 e. The monoisotopic (exact) mass is 980 g/mol. The molecule has 0 heterocycles. The molecule has 388 valence electrons. The summed E-state index contributed by atoms with van der Waals surface area (Å²) < 4.78 is 0. The van der Waals surface area contributed by atoms with Crippen LogP contribution in [0, 0.1) is 11.3 Å². The third-order valence-corrected chi connectivity index (χ3v) is 11.6. The molecule has 7 atom stereocenters. The molecular formula is C48H77N13O9. The second-order valence-corrected chi connectivity index (χ2v) is 17.9. The second-order valence-electron chi connectivity index (χ2n) is 17.9. The Kier molecular flexibility index (Phi) is 26.0. The van der Waals surface area contributed by atoms with E-state index in [4.69, 9.17) is 28.3 Å². The molecule has 0 aliphatic heterocycles. The first-order chi connectivity index (χ1) is 33.1. The van der Waals surface area contributed by atoms with Crippen molar-refractivity contribution in [2.45, 2.75) is 134 Å². The van der Waals surface area contributed by atoms with Gasteiger partial charge in [-0.05, 0) is 87.6 Å². The fraction of sp³-hybridized carbons (Fsp3) is 0.562. The third-order valence-electron chi connectivity index (χ3n) is 11.6. The zero-order valence-corrected chi connectivity index (χ0v) is 41.4. The number of hydrogen-bond donors (Lipinski definition) is 12. The number of nitrogens with zero attached hydrogens (tertiary/aromatic N) is 2. The van der Waals surface area contributed by atoms with Gasteiger partial charge in [0.15, 0.2) is 5.96 Å². The molecule has 22 nitrogen and oxygen atoms in total. The van der Waals surface area contributed by atoms with Crippen LogP contribution in [-0.2, 0) is 51.2 Å². The highest BCUT2D eigenvalue weighted by Crippen LogP contribution is 2.17. The number of aromatic hydroxyl groups is 1. The van der Waals surface area contributed by atoms with Gasteiger partial charge in [0.05, 0.1) is 12.6 Å². The molecule has 2 rings (SSSR count). The number of benzene rings is 2. The molecule has 16 N–H and O–H groups in total. The zero-order chi connectivity index (χ0) is 52.5. The average Bonchev–Trinajstić information content (AvgIpc) is 3.32. The Balaban J connectivity index is 2.35. The minimum atomic E-state index is -1.19. The Morgan fingerprint density at radius 2 is 1.19 bits per heavy atom. The van der Waals surface area contributed by atoms with E-state index in [1.54, 1.807) is 24.3 Å². The van der Waals surface area contributed by atoms with Gasteiger partial charge in [-0.2, -0.15) is 0 Å². The van der Waals surface area contributed by atoms with Crippen molar-refractivity contribution in [3.8, 4) is 5.75 Å². The van der Waals surface area contributed by atoms with Crippen LogP contribution in [0.4, 0.5) is 0 Å². The van der Waals surface area contributed by atoms with Crippen LogP contribution >= 0.6 is 0 Å². The van der Waals surface area contributed by atoms with Gasteiger partial charge in [-0.15, -0.1) is 0 Å². The van der Waals surface area contributed by atoms with Gasteiger partial charge in [0, 0.05) is 27.1 Å². The maximum Gasteiger partial charge on any atom is 0.245 e. The smallest absolute Gasteiger partial charge is 0.245 e. The van der Waals surface area contributed by atoms with Crippen molar-refractivity contribution >= 4 is 53.2 Å². The Bertz CT molecular complexity index is 2040. The van der Waals surface area contributed by atoms with Crippen molar-refractivity contribution < 1.29 is 43.5 Å². The van der Waals surface area contributed by atoms with Crippen molar-refractivity contribution in [2.75, 3.05) is 33.7 Å². The van der Waals surface area contributed by atoms with Gasteiger partial charge in [0.25, 0.3) is 0 Å². The van der Waals surface area contributed by atoms with Crippen LogP contribution in [0.1, 0.15) is 90.2 Å². The molecule has 22 heteroatoms. The van der Waals surface area contributed by atoms with E-state index < -0.39 is 96.1 Å². The number of likely N-dealkylation sites (N-methyl/N-ethyl adjacent to an activating group) is 2. The van der Waals surface area contributed by atoms with Crippen molar-refractivity contribution in [3.05, 3.63) is 65.7 Å². The van der Waals surface area contributed by atoms with E-state index in [1.165, 1.54) is 38.1 Å². The molecule has 0 saturated carbocycles. The van der Waals surface area contributed by atoms with E-state index in [1.807, 2.05) is 39.0 Å². The van der Waals surface area contributed by atoms with Crippen LogP contribution in [0.25, 0.3) is 0 Å². The topological polar surface area (TPSA) is 363 Å². The number of primary amides is 1. The molecule has 2 aromatic carbocycles. The first-order valence-electron chi connectivity index (χ1n) is 23.8. The lowest BCUT2D eigenvalue weighted by molar-refractivity contribution is -0.144. The molecule has 0 bridgehead atoms. The highest BCUT2D eigenvalue weighted by molar-refractivity contribution is 5.97. The fourth-order valence-electron chi connectivity index (χ4n) is 7.39. The summed E-state index contributed by atoms with van der Waals surface area (Å²) in [6, 6.07) is 7.34. The van der Waals surface area contributed by atoms with E-state index in [0.29, 0.717) is 24.8 Å². The molecule has 0 fully saturated rings. The summed E-state index contributed by atoms with van der Waals surface area (Å²) in [7, 11) is 2.83. The molecule has 0 unspecified atom stereocenters. The van der Waals surface area contributed by atoms with Gasteiger partial charge in [0.2, 0.25) is 47.3 Å². The van der Waals surface area contributed by atoms with Crippen molar-refractivity contribution in [1.29, 1.82) is 5.41 Å². The van der Waals surface area contributed by atoms with Gasteiger partial charge in [-0.3, -0.25) is 43.8 Å². The summed E-state index contributed by atoms with van der Waals surface area (Å²) in [5.41, 5.74) is 24.1.